The van der Waals surface area contributed by atoms with E-state index in [2.05, 4.69) is 11.0 Å². The van der Waals surface area contributed by atoms with Gasteiger partial charge < -0.3 is 15.4 Å². The molecule has 1 fully saturated rings. The number of rotatable bonds is 8. The van der Waals surface area contributed by atoms with Crippen LogP contribution in [0, 0.1) is 17.2 Å². The zero-order valence-corrected chi connectivity index (χ0v) is 12.4. The summed E-state index contributed by atoms with van der Waals surface area (Å²) in [7, 11) is 0. The molecule has 0 saturated carbocycles. The molecule has 2 N–H and O–H groups in total. The average molecular weight is 282 g/mol. The van der Waals surface area contributed by atoms with Gasteiger partial charge in [-0.2, -0.15) is 5.26 Å². The Morgan fingerprint density at radius 1 is 1.45 bits per heavy atom. The van der Waals surface area contributed by atoms with Gasteiger partial charge in [-0.25, -0.2) is 0 Å². The number of carbonyl (C=O) groups excluding carboxylic acids is 1. The summed E-state index contributed by atoms with van der Waals surface area (Å²) in [6.45, 7) is 7.88. The van der Waals surface area contributed by atoms with Crippen molar-refractivity contribution in [3.63, 3.8) is 0 Å². The van der Waals surface area contributed by atoms with Crippen LogP contribution in [0.3, 0.4) is 0 Å². The van der Waals surface area contributed by atoms with Crippen molar-refractivity contribution in [2.24, 2.45) is 11.7 Å². The number of amides is 1. The van der Waals surface area contributed by atoms with Gasteiger partial charge in [-0.05, 0) is 12.5 Å². The van der Waals surface area contributed by atoms with Crippen molar-refractivity contribution in [1.29, 1.82) is 5.26 Å². The predicted octanol–water partition coefficient (Wildman–Crippen LogP) is 0.0458. The molecule has 1 amide bonds. The van der Waals surface area contributed by atoms with Gasteiger partial charge in [-0.3, -0.25) is 9.69 Å². The third-order valence-electron chi connectivity index (χ3n) is 3.56. The van der Waals surface area contributed by atoms with E-state index in [1.807, 2.05) is 6.92 Å². The van der Waals surface area contributed by atoms with E-state index in [4.69, 9.17) is 15.7 Å². The summed E-state index contributed by atoms with van der Waals surface area (Å²) in [6, 6.07) is 2.11. The summed E-state index contributed by atoms with van der Waals surface area (Å²) < 4.78 is 5.31. The first-order valence-electron chi connectivity index (χ1n) is 7.32. The Bertz CT molecular complexity index is 324. The number of carbonyl (C=O) groups is 1. The Morgan fingerprint density at radius 2 is 2.15 bits per heavy atom. The molecule has 0 aromatic rings. The van der Waals surface area contributed by atoms with Crippen LogP contribution in [0.4, 0.5) is 0 Å². The number of ether oxygens (including phenoxy) is 1. The maximum atomic E-state index is 12.2. The second-order valence-corrected chi connectivity index (χ2v) is 5.29. The molecule has 6 heteroatoms. The topological polar surface area (TPSA) is 82.6 Å². The van der Waals surface area contributed by atoms with Crippen molar-refractivity contribution < 1.29 is 9.53 Å². The lowest BCUT2D eigenvalue weighted by molar-refractivity contribution is -0.132. The van der Waals surface area contributed by atoms with Gasteiger partial charge >= 0.3 is 0 Å². The molecule has 1 heterocycles. The van der Waals surface area contributed by atoms with Gasteiger partial charge in [-0.1, -0.05) is 6.92 Å². The van der Waals surface area contributed by atoms with Crippen molar-refractivity contribution in [1.82, 2.24) is 9.80 Å². The normalized spacial score (nSPS) is 17.4. The first-order chi connectivity index (χ1) is 9.67. The van der Waals surface area contributed by atoms with E-state index in [-0.39, 0.29) is 11.8 Å². The SMILES string of the molecule is CC(CN)CC(=O)N(CCC#N)CCN1CCOCC1. The van der Waals surface area contributed by atoms with Crippen molar-refractivity contribution >= 4 is 5.91 Å². The molecule has 6 nitrogen and oxygen atoms in total. The van der Waals surface area contributed by atoms with E-state index >= 15 is 0 Å². The molecule has 0 bridgehead atoms. The molecule has 114 valence electrons. The standard InChI is InChI=1S/C14H26N4O2/c1-13(12-16)11-14(19)18(4-2-3-15)6-5-17-7-9-20-10-8-17/h13H,2,4-12,16H2,1H3. The minimum absolute atomic E-state index is 0.103. The molecule has 1 rings (SSSR count). The van der Waals surface area contributed by atoms with Gasteiger partial charge in [-0.15, -0.1) is 0 Å². The van der Waals surface area contributed by atoms with Crippen molar-refractivity contribution in [2.45, 2.75) is 19.8 Å². The van der Waals surface area contributed by atoms with E-state index in [1.54, 1.807) is 4.90 Å². The van der Waals surface area contributed by atoms with Gasteiger partial charge in [0.25, 0.3) is 0 Å². The first kappa shape index (κ1) is 16.9. The Kier molecular flexibility index (Phi) is 8.19. The molecule has 0 aromatic carbocycles. The fraction of sp³-hybridized carbons (Fsp3) is 0.857. The maximum Gasteiger partial charge on any atom is 0.222 e. The van der Waals surface area contributed by atoms with E-state index < -0.39 is 0 Å². The summed E-state index contributed by atoms with van der Waals surface area (Å²) in [5, 5.41) is 8.71. The number of hydrogen-bond donors (Lipinski definition) is 1. The maximum absolute atomic E-state index is 12.2. The molecule has 0 radical (unpaired) electrons. The molecule has 1 aliphatic rings. The molecule has 1 saturated heterocycles. The molecule has 1 unspecified atom stereocenters. The summed E-state index contributed by atoms with van der Waals surface area (Å²) >= 11 is 0. The summed E-state index contributed by atoms with van der Waals surface area (Å²) in [6.07, 6.45) is 0.844. The second-order valence-electron chi connectivity index (χ2n) is 5.29. The highest BCUT2D eigenvalue weighted by atomic mass is 16.5. The summed E-state index contributed by atoms with van der Waals surface area (Å²) in [5.41, 5.74) is 5.57. The largest absolute Gasteiger partial charge is 0.379 e. The van der Waals surface area contributed by atoms with Crippen LogP contribution in [0.2, 0.25) is 0 Å². The minimum atomic E-state index is 0.103. The number of nitrogens with two attached hydrogens (primary N) is 1. The lowest BCUT2D eigenvalue weighted by Gasteiger charge is -2.30. The number of morpholine rings is 1. The summed E-state index contributed by atoms with van der Waals surface area (Å²) in [4.78, 5) is 16.3. The lowest BCUT2D eigenvalue weighted by Crippen LogP contribution is -2.43. The average Bonchev–Trinajstić information content (AvgIpc) is 2.48. The molecule has 0 aliphatic carbocycles. The highest BCUT2D eigenvalue weighted by Gasteiger charge is 2.18. The Labute approximate surface area is 121 Å². The zero-order chi connectivity index (χ0) is 14.8. The monoisotopic (exact) mass is 282 g/mol. The second kappa shape index (κ2) is 9.70. The van der Waals surface area contributed by atoms with Crippen LogP contribution in [0.25, 0.3) is 0 Å². The summed E-state index contributed by atoms with van der Waals surface area (Å²) in [5.74, 6) is 0.293. The van der Waals surface area contributed by atoms with E-state index in [9.17, 15) is 4.79 Å². The molecule has 1 atom stereocenters. The molecule has 1 aliphatic heterocycles. The van der Waals surface area contributed by atoms with Crippen LogP contribution < -0.4 is 5.73 Å². The fourth-order valence-corrected chi connectivity index (χ4v) is 2.14. The van der Waals surface area contributed by atoms with Gasteiger partial charge in [0.05, 0.1) is 25.7 Å². The van der Waals surface area contributed by atoms with E-state index in [1.165, 1.54) is 0 Å². The highest BCUT2D eigenvalue weighted by Crippen LogP contribution is 2.06. The Morgan fingerprint density at radius 3 is 2.75 bits per heavy atom. The number of hydrogen-bond acceptors (Lipinski definition) is 5. The third kappa shape index (κ3) is 6.33. The van der Waals surface area contributed by atoms with Crippen molar-refractivity contribution in [3.8, 4) is 6.07 Å². The molecule has 0 aromatic heterocycles. The van der Waals surface area contributed by atoms with Gasteiger partial charge in [0, 0.05) is 39.1 Å². The molecular weight excluding hydrogens is 256 g/mol. The van der Waals surface area contributed by atoms with Crippen LogP contribution in [-0.2, 0) is 9.53 Å². The fourth-order valence-electron chi connectivity index (χ4n) is 2.14. The van der Waals surface area contributed by atoms with Crippen LogP contribution in [0.15, 0.2) is 0 Å². The number of nitrogens with zero attached hydrogens (tertiary/aromatic N) is 3. The Balaban J connectivity index is 2.41. The quantitative estimate of drug-likeness (QED) is 0.680. The van der Waals surface area contributed by atoms with Crippen molar-refractivity contribution in [2.75, 3.05) is 52.5 Å². The van der Waals surface area contributed by atoms with Crippen LogP contribution in [0.5, 0.6) is 0 Å². The minimum Gasteiger partial charge on any atom is -0.379 e. The van der Waals surface area contributed by atoms with Crippen LogP contribution in [0.1, 0.15) is 19.8 Å². The first-order valence-corrected chi connectivity index (χ1v) is 7.32. The van der Waals surface area contributed by atoms with Gasteiger partial charge in [0.2, 0.25) is 5.91 Å². The van der Waals surface area contributed by atoms with Crippen molar-refractivity contribution in [3.05, 3.63) is 0 Å². The molecular formula is C14H26N4O2. The predicted molar refractivity (Wildman–Crippen MR) is 76.9 cm³/mol. The van der Waals surface area contributed by atoms with Gasteiger partial charge in [0.15, 0.2) is 0 Å². The van der Waals surface area contributed by atoms with Crippen LogP contribution in [-0.4, -0.2) is 68.2 Å². The van der Waals surface area contributed by atoms with Gasteiger partial charge in [0.1, 0.15) is 0 Å². The third-order valence-corrected chi connectivity index (χ3v) is 3.56. The smallest absolute Gasteiger partial charge is 0.222 e. The van der Waals surface area contributed by atoms with E-state index in [0.29, 0.717) is 32.5 Å². The Hall–Kier alpha value is -1.16. The van der Waals surface area contributed by atoms with E-state index in [0.717, 1.165) is 32.8 Å². The molecule has 0 spiro atoms. The highest BCUT2D eigenvalue weighted by molar-refractivity contribution is 5.76. The molecule has 20 heavy (non-hydrogen) atoms. The lowest BCUT2D eigenvalue weighted by atomic mass is 10.1. The van der Waals surface area contributed by atoms with Crippen LogP contribution >= 0.6 is 0 Å². The number of nitriles is 1. The zero-order valence-electron chi connectivity index (χ0n) is 12.4.